The fourth-order valence-corrected chi connectivity index (χ4v) is 3.11. The highest BCUT2D eigenvalue weighted by molar-refractivity contribution is 5.89. The molecule has 1 aliphatic rings. The largest absolute Gasteiger partial charge is 0.383 e. The van der Waals surface area contributed by atoms with E-state index >= 15 is 0 Å². The smallest absolute Gasteiger partial charge is 0.140 e. The van der Waals surface area contributed by atoms with Gasteiger partial charge in [-0.1, -0.05) is 12.1 Å². The maximum Gasteiger partial charge on any atom is 0.140 e. The molecule has 0 saturated carbocycles. The van der Waals surface area contributed by atoms with E-state index < -0.39 is 0 Å². The molecule has 2 heterocycles. The van der Waals surface area contributed by atoms with Crippen LogP contribution in [0.1, 0.15) is 18.7 Å². The first kappa shape index (κ1) is 17.1. The van der Waals surface area contributed by atoms with Crippen molar-refractivity contribution in [1.82, 2.24) is 9.97 Å². The number of fused-ring (bicyclic) bond motifs is 1. The average molecular weight is 330 g/mol. The molecule has 6 heteroatoms. The van der Waals surface area contributed by atoms with Crippen LogP contribution in [0.15, 0.2) is 24.3 Å². The molecule has 0 aliphatic carbocycles. The molecule has 24 heavy (non-hydrogen) atoms. The van der Waals surface area contributed by atoms with E-state index in [0.29, 0.717) is 19.6 Å². The summed E-state index contributed by atoms with van der Waals surface area (Å²) < 4.78 is 11.1. The van der Waals surface area contributed by atoms with Crippen LogP contribution in [0.3, 0.4) is 0 Å². The summed E-state index contributed by atoms with van der Waals surface area (Å²) in [6.07, 6.45) is 3.16. The predicted octanol–water partition coefficient (Wildman–Crippen LogP) is 1.76. The van der Waals surface area contributed by atoms with Crippen molar-refractivity contribution >= 4 is 16.7 Å². The Bertz CT molecular complexity index is 659. The SMILES string of the molecule is COCCN(C[C@@H]1CCCO1)c1nc(CCN)nc2ccccc12. The van der Waals surface area contributed by atoms with Crippen LogP contribution < -0.4 is 10.6 Å². The quantitative estimate of drug-likeness (QED) is 0.795. The standard InChI is InChI=1S/C18H26N4O2/c1-23-12-10-22(13-14-5-4-11-24-14)18-15-6-2-3-7-16(15)20-17(21-18)8-9-19/h2-3,6-7,14H,4-5,8-13,19H2,1H3/t14-/m0/s1. The van der Waals surface area contributed by atoms with Gasteiger partial charge in [0.1, 0.15) is 11.6 Å². The molecule has 6 nitrogen and oxygen atoms in total. The van der Waals surface area contributed by atoms with Gasteiger partial charge in [-0.2, -0.15) is 0 Å². The number of para-hydroxylation sites is 1. The van der Waals surface area contributed by atoms with Crippen LogP contribution >= 0.6 is 0 Å². The predicted molar refractivity (Wildman–Crippen MR) is 95.4 cm³/mol. The maximum absolute atomic E-state index is 5.83. The molecule has 130 valence electrons. The van der Waals surface area contributed by atoms with E-state index in [1.807, 2.05) is 18.2 Å². The third-order valence-corrected chi connectivity index (χ3v) is 4.31. The first-order chi connectivity index (χ1) is 11.8. The van der Waals surface area contributed by atoms with E-state index in [1.54, 1.807) is 7.11 Å². The van der Waals surface area contributed by atoms with Crippen molar-refractivity contribution < 1.29 is 9.47 Å². The lowest BCUT2D eigenvalue weighted by Crippen LogP contribution is -2.35. The van der Waals surface area contributed by atoms with Gasteiger partial charge in [-0.15, -0.1) is 0 Å². The van der Waals surface area contributed by atoms with Crippen LogP contribution in [0, 0.1) is 0 Å². The molecule has 1 aliphatic heterocycles. The van der Waals surface area contributed by atoms with Gasteiger partial charge in [-0.3, -0.25) is 0 Å². The molecule has 0 amide bonds. The maximum atomic E-state index is 5.83. The number of methoxy groups -OCH3 is 1. The number of hydrogen-bond donors (Lipinski definition) is 1. The van der Waals surface area contributed by atoms with Crippen LogP contribution in [-0.4, -0.2) is 56.0 Å². The number of rotatable bonds is 8. The molecule has 1 fully saturated rings. The molecule has 0 radical (unpaired) electrons. The Hall–Kier alpha value is -1.76. The zero-order chi connectivity index (χ0) is 16.8. The molecule has 2 aromatic rings. The summed E-state index contributed by atoms with van der Waals surface area (Å²) in [6.45, 7) is 3.65. The second-order valence-corrected chi connectivity index (χ2v) is 6.09. The van der Waals surface area contributed by atoms with E-state index in [9.17, 15) is 0 Å². The Morgan fingerprint density at radius 3 is 2.96 bits per heavy atom. The number of benzene rings is 1. The lowest BCUT2D eigenvalue weighted by Gasteiger charge is -2.27. The fourth-order valence-electron chi connectivity index (χ4n) is 3.11. The van der Waals surface area contributed by atoms with Crippen molar-refractivity contribution in [3.8, 4) is 0 Å². The minimum atomic E-state index is 0.258. The number of hydrogen-bond acceptors (Lipinski definition) is 6. The Kier molecular flexibility index (Phi) is 5.96. The number of anilines is 1. The lowest BCUT2D eigenvalue weighted by atomic mass is 10.2. The summed E-state index contributed by atoms with van der Waals surface area (Å²) in [4.78, 5) is 11.7. The van der Waals surface area contributed by atoms with Crippen LogP contribution in [0.5, 0.6) is 0 Å². The van der Waals surface area contributed by atoms with E-state index in [2.05, 4.69) is 16.0 Å². The first-order valence-corrected chi connectivity index (χ1v) is 8.63. The molecular formula is C18H26N4O2. The van der Waals surface area contributed by atoms with Gasteiger partial charge in [0.25, 0.3) is 0 Å². The van der Waals surface area contributed by atoms with Gasteiger partial charge in [-0.05, 0) is 31.5 Å². The molecule has 3 rings (SSSR count). The highest BCUT2D eigenvalue weighted by atomic mass is 16.5. The van der Waals surface area contributed by atoms with E-state index in [4.69, 9.17) is 20.2 Å². The second-order valence-electron chi connectivity index (χ2n) is 6.09. The number of nitrogens with zero attached hydrogens (tertiary/aromatic N) is 3. The van der Waals surface area contributed by atoms with Gasteiger partial charge in [-0.25, -0.2) is 9.97 Å². The summed E-state index contributed by atoms with van der Waals surface area (Å²) in [5.41, 5.74) is 6.67. The summed E-state index contributed by atoms with van der Waals surface area (Å²) in [7, 11) is 1.72. The lowest BCUT2D eigenvalue weighted by molar-refractivity contribution is 0.113. The van der Waals surface area contributed by atoms with Crippen LogP contribution in [0.4, 0.5) is 5.82 Å². The van der Waals surface area contributed by atoms with Crippen LogP contribution in [0.2, 0.25) is 0 Å². The van der Waals surface area contributed by atoms with Gasteiger partial charge >= 0.3 is 0 Å². The number of nitrogens with two attached hydrogens (primary N) is 1. The van der Waals surface area contributed by atoms with Gasteiger partial charge in [0, 0.05) is 38.6 Å². The molecule has 2 N–H and O–H groups in total. The Balaban J connectivity index is 1.96. The van der Waals surface area contributed by atoms with Gasteiger partial charge in [0.2, 0.25) is 0 Å². The highest BCUT2D eigenvalue weighted by Gasteiger charge is 2.22. The Morgan fingerprint density at radius 2 is 2.21 bits per heavy atom. The molecule has 0 spiro atoms. The molecular weight excluding hydrogens is 304 g/mol. The monoisotopic (exact) mass is 330 g/mol. The van der Waals surface area contributed by atoms with Crippen molar-refractivity contribution in [1.29, 1.82) is 0 Å². The van der Waals surface area contributed by atoms with Crippen molar-refractivity contribution in [3.63, 3.8) is 0 Å². The van der Waals surface area contributed by atoms with Gasteiger partial charge in [0.15, 0.2) is 0 Å². The summed E-state index contributed by atoms with van der Waals surface area (Å²) in [6, 6.07) is 8.14. The van der Waals surface area contributed by atoms with Crippen LogP contribution in [-0.2, 0) is 15.9 Å². The van der Waals surface area contributed by atoms with Crippen molar-refractivity contribution in [2.75, 3.05) is 44.9 Å². The number of aromatic nitrogens is 2. The van der Waals surface area contributed by atoms with E-state index in [0.717, 1.165) is 55.1 Å². The van der Waals surface area contributed by atoms with Crippen molar-refractivity contribution in [3.05, 3.63) is 30.1 Å². The minimum absolute atomic E-state index is 0.258. The second kappa shape index (κ2) is 8.37. The molecule has 1 aromatic heterocycles. The zero-order valence-electron chi connectivity index (χ0n) is 14.3. The van der Waals surface area contributed by atoms with Crippen molar-refractivity contribution in [2.45, 2.75) is 25.4 Å². The Morgan fingerprint density at radius 1 is 1.33 bits per heavy atom. The molecule has 1 aromatic carbocycles. The minimum Gasteiger partial charge on any atom is -0.383 e. The summed E-state index contributed by atoms with van der Waals surface area (Å²) in [5, 5.41) is 1.06. The van der Waals surface area contributed by atoms with E-state index in [-0.39, 0.29) is 6.10 Å². The molecule has 0 unspecified atom stereocenters. The highest BCUT2D eigenvalue weighted by Crippen LogP contribution is 2.25. The topological polar surface area (TPSA) is 73.5 Å². The molecule has 1 saturated heterocycles. The summed E-state index contributed by atoms with van der Waals surface area (Å²) >= 11 is 0. The molecule has 0 bridgehead atoms. The number of ether oxygens (including phenoxy) is 2. The van der Waals surface area contributed by atoms with Gasteiger partial charge < -0.3 is 20.1 Å². The van der Waals surface area contributed by atoms with Crippen molar-refractivity contribution in [2.24, 2.45) is 5.73 Å². The summed E-state index contributed by atoms with van der Waals surface area (Å²) in [5.74, 6) is 1.75. The van der Waals surface area contributed by atoms with Gasteiger partial charge in [0.05, 0.1) is 18.2 Å². The zero-order valence-corrected chi connectivity index (χ0v) is 14.3. The average Bonchev–Trinajstić information content (AvgIpc) is 3.11. The first-order valence-electron chi connectivity index (χ1n) is 8.63. The third-order valence-electron chi connectivity index (χ3n) is 4.31. The third kappa shape index (κ3) is 4.01. The normalized spacial score (nSPS) is 17.5. The Labute approximate surface area is 143 Å². The fraction of sp³-hybridized carbons (Fsp3) is 0.556. The van der Waals surface area contributed by atoms with Crippen LogP contribution in [0.25, 0.3) is 10.9 Å². The molecule has 1 atom stereocenters. The van der Waals surface area contributed by atoms with E-state index in [1.165, 1.54) is 0 Å².